The zero-order chi connectivity index (χ0) is 20.3. The van der Waals surface area contributed by atoms with Gasteiger partial charge in [0.1, 0.15) is 0 Å². The van der Waals surface area contributed by atoms with Crippen LogP contribution < -0.4 is 5.32 Å². The van der Waals surface area contributed by atoms with Gasteiger partial charge in [0.05, 0.1) is 10.6 Å². The van der Waals surface area contributed by atoms with Gasteiger partial charge in [-0.2, -0.15) is 8.99 Å². The first-order valence-electron chi connectivity index (χ1n) is 8.95. The largest absolute Gasteiger partial charge is 0.349 e. The molecule has 8 nitrogen and oxygen atoms in total. The quantitative estimate of drug-likeness (QED) is 0.655. The van der Waals surface area contributed by atoms with Gasteiger partial charge in [0, 0.05) is 19.6 Å². The standard InChI is InChI=1S/C19H24N6O2S/c1-14(2)24(4)28(26,27)18-11-7-16(8-12-18)13-20-19-21-22-23-25(19)17-9-5-15(3)6-10-17/h5-12,14H,13H2,1-4H3,(H,20,21,23). The Labute approximate surface area is 165 Å². The molecular weight excluding hydrogens is 376 g/mol. The Kier molecular flexibility index (Phi) is 5.76. The molecule has 2 aromatic carbocycles. The summed E-state index contributed by atoms with van der Waals surface area (Å²) in [5, 5.41) is 15.0. The number of nitrogens with one attached hydrogen (secondary N) is 1. The molecule has 0 saturated carbocycles. The van der Waals surface area contributed by atoms with Crippen molar-refractivity contribution in [1.82, 2.24) is 24.5 Å². The number of rotatable bonds is 7. The topological polar surface area (TPSA) is 93.0 Å². The minimum absolute atomic E-state index is 0.105. The summed E-state index contributed by atoms with van der Waals surface area (Å²) in [6.45, 7) is 6.17. The SMILES string of the molecule is Cc1ccc(-n2nnnc2NCc2ccc(S(=O)(=O)N(C)C(C)C)cc2)cc1. The average Bonchev–Trinajstić information content (AvgIpc) is 3.15. The van der Waals surface area contributed by atoms with Gasteiger partial charge in [0.2, 0.25) is 16.0 Å². The minimum Gasteiger partial charge on any atom is -0.349 e. The van der Waals surface area contributed by atoms with Gasteiger partial charge in [-0.05, 0) is 61.0 Å². The highest BCUT2D eigenvalue weighted by Gasteiger charge is 2.22. The lowest BCUT2D eigenvalue weighted by Crippen LogP contribution is -2.33. The number of hydrogen-bond acceptors (Lipinski definition) is 6. The minimum atomic E-state index is -3.48. The molecule has 0 radical (unpaired) electrons. The fraction of sp³-hybridized carbons (Fsp3) is 0.316. The monoisotopic (exact) mass is 400 g/mol. The van der Waals surface area contributed by atoms with Crippen LogP contribution in [0.15, 0.2) is 53.4 Å². The fourth-order valence-corrected chi connectivity index (χ4v) is 3.93. The molecule has 28 heavy (non-hydrogen) atoms. The molecule has 3 aromatic rings. The molecule has 0 bridgehead atoms. The molecule has 1 N–H and O–H groups in total. The van der Waals surface area contributed by atoms with Crippen molar-refractivity contribution in [1.29, 1.82) is 0 Å². The molecule has 0 amide bonds. The first-order valence-corrected chi connectivity index (χ1v) is 10.4. The van der Waals surface area contributed by atoms with E-state index in [1.54, 1.807) is 36.0 Å². The van der Waals surface area contributed by atoms with Gasteiger partial charge in [-0.1, -0.05) is 34.9 Å². The summed E-state index contributed by atoms with van der Waals surface area (Å²) in [5.74, 6) is 0.514. The highest BCUT2D eigenvalue weighted by Crippen LogP contribution is 2.18. The van der Waals surface area contributed by atoms with Crippen molar-refractivity contribution in [2.75, 3.05) is 12.4 Å². The Bertz CT molecular complexity index is 1030. The van der Waals surface area contributed by atoms with Crippen LogP contribution in [0.1, 0.15) is 25.0 Å². The maximum Gasteiger partial charge on any atom is 0.248 e. The summed E-state index contributed by atoms with van der Waals surface area (Å²) in [7, 11) is -1.90. The van der Waals surface area contributed by atoms with Crippen LogP contribution in [0.2, 0.25) is 0 Å². The van der Waals surface area contributed by atoms with Crippen molar-refractivity contribution in [2.45, 2.75) is 38.3 Å². The van der Waals surface area contributed by atoms with Crippen LogP contribution in [0.25, 0.3) is 5.69 Å². The number of aryl methyl sites for hydroxylation is 1. The van der Waals surface area contributed by atoms with Crippen LogP contribution in [0, 0.1) is 6.92 Å². The number of aromatic nitrogens is 4. The summed E-state index contributed by atoms with van der Waals surface area (Å²) >= 11 is 0. The summed E-state index contributed by atoms with van der Waals surface area (Å²) < 4.78 is 28.0. The fourth-order valence-electron chi connectivity index (χ4n) is 2.56. The van der Waals surface area contributed by atoms with E-state index in [1.165, 1.54) is 4.31 Å². The van der Waals surface area contributed by atoms with Gasteiger partial charge < -0.3 is 5.32 Å². The van der Waals surface area contributed by atoms with E-state index in [-0.39, 0.29) is 10.9 Å². The molecule has 0 unspecified atom stereocenters. The molecule has 0 aliphatic carbocycles. The number of benzene rings is 2. The highest BCUT2D eigenvalue weighted by molar-refractivity contribution is 7.89. The maximum atomic E-state index is 12.5. The van der Waals surface area contributed by atoms with E-state index in [2.05, 4.69) is 20.8 Å². The van der Waals surface area contributed by atoms with Gasteiger partial charge >= 0.3 is 0 Å². The van der Waals surface area contributed by atoms with E-state index >= 15 is 0 Å². The van der Waals surface area contributed by atoms with Crippen molar-refractivity contribution in [2.24, 2.45) is 0 Å². The molecule has 3 rings (SSSR count). The van der Waals surface area contributed by atoms with Gasteiger partial charge in [0.25, 0.3) is 0 Å². The van der Waals surface area contributed by atoms with E-state index in [9.17, 15) is 8.42 Å². The van der Waals surface area contributed by atoms with E-state index in [1.807, 2.05) is 45.0 Å². The van der Waals surface area contributed by atoms with E-state index < -0.39 is 10.0 Å². The third kappa shape index (κ3) is 4.20. The second-order valence-electron chi connectivity index (χ2n) is 6.86. The predicted octanol–water partition coefficient (Wildman–Crippen LogP) is 2.61. The van der Waals surface area contributed by atoms with Gasteiger partial charge in [-0.25, -0.2) is 8.42 Å². The van der Waals surface area contributed by atoms with Crippen molar-refractivity contribution in [3.63, 3.8) is 0 Å². The maximum absolute atomic E-state index is 12.5. The molecule has 0 aliphatic rings. The molecular formula is C19H24N6O2S. The van der Waals surface area contributed by atoms with Crippen molar-refractivity contribution < 1.29 is 8.42 Å². The third-order valence-electron chi connectivity index (χ3n) is 4.53. The Morgan fingerprint density at radius 2 is 1.71 bits per heavy atom. The molecule has 0 aliphatic heterocycles. The highest BCUT2D eigenvalue weighted by atomic mass is 32.2. The number of nitrogens with zero attached hydrogens (tertiary/aromatic N) is 5. The Balaban J connectivity index is 1.71. The Morgan fingerprint density at radius 1 is 1.07 bits per heavy atom. The van der Waals surface area contributed by atoms with Crippen molar-refractivity contribution in [3.05, 3.63) is 59.7 Å². The Morgan fingerprint density at radius 3 is 2.32 bits per heavy atom. The second-order valence-corrected chi connectivity index (χ2v) is 8.86. The molecule has 0 atom stereocenters. The second kappa shape index (κ2) is 8.07. The first-order chi connectivity index (χ1) is 13.3. The van der Waals surface area contributed by atoms with Crippen LogP contribution in [0.3, 0.4) is 0 Å². The summed E-state index contributed by atoms with van der Waals surface area (Å²) in [5.41, 5.74) is 2.94. The van der Waals surface area contributed by atoms with E-state index in [0.29, 0.717) is 12.5 Å². The smallest absolute Gasteiger partial charge is 0.248 e. The third-order valence-corrected chi connectivity index (χ3v) is 6.57. The molecule has 148 valence electrons. The molecule has 1 aromatic heterocycles. The average molecular weight is 401 g/mol. The van der Waals surface area contributed by atoms with Gasteiger partial charge in [-0.15, -0.1) is 0 Å². The number of hydrogen-bond donors (Lipinski definition) is 1. The lowest BCUT2D eigenvalue weighted by molar-refractivity contribution is 0.410. The van der Waals surface area contributed by atoms with Gasteiger partial charge in [-0.3, -0.25) is 0 Å². The molecule has 0 fully saturated rings. The summed E-state index contributed by atoms with van der Waals surface area (Å²) in [6, 6.07) is 14.6. The zero-order valence-corrected chi connectivity index (χ0v) is 17.2. The van der Waals surface area contributed by atoms with Crippen LogP contribution in [-0.2, 0) is 16.6 Å². The molecule has 0 saturated heterocycles. The van der Waals surface area contributed by atoms with Gasteiger partial charge in [0.15, 0.2) is 0 Å². The van der Waals surface area contributed by atoms with Crippen molar-refractivity contribution in [3.8, 4) is 5.69 Å². The normalized spacial score (nSPS) is 11.9. The van der Waals surface area contributed by atoms with Crippen molar-refractivity contribution >= 4 is 16.0 Å². The first kappa shape index (κ1) is 20.0. The zero-order valence-electron chi connectivity index (χ0n) is 16.4. The predicted molar refractivity (Wildman–Crippen MR) is 108 cm³/mol. The van der Waals surface area contributed by atoms with E-state index in [0.717, 1.165) is 16.8 Å². The summed E-state index contributed by atoms with van der Waals surface area (Å²) in [6.07, 6.45) is 0. The molecule has 0 spiro atoms. The lowest BCUT2D eigenvalue weighted by Gasteiger charge is -2.21. The number of sulfonamides is 1. The van der Waals surface area contributed by atoms with Crippen LogP contribution in [0.5, 0.6) is 0 Å². The lowest BCUT2D eigenvalue weighted by atomic mass is 10.2. The van der Waals surface area contributed by atoms with E-state index in [4.69, 9.17) is 0 Å². The van der Waals surface area contributed by atoms with Crippen LogP contribution >= 0.6 is 0 Å². The molecule has 9 heteroatoms. The Hall–Kier alpha value is -2.78. The van der Waals surface area contributed by atoms with Crippen LogP contribution in [-0.4, -0.2) is 46.0 Å². The number of tetrazole rings is 1. The summed E-state index contributed by atoms with van der Waals surface area (Å²) in [4.78, 5) is 0.275. The molecule has 1 heterocycles. The number of anilines is 1. The van der Waals surface area contributed by atoms with Crippen LogP contribution in [0.4, 0.5) is 5.95 Å².